The zero-order valence-corrected chi connectivity index (χ0v) is 12.6. The molecule has 6 heteroatoms. The number of aromatic nitrogens is 3. The second-order valence-corrected chi connectivity index (χ2v) is 5.42. The smallest absolute Gasteiger partial charge is 0.260 e. The number of anilines is 3. The second-order valence-electron chi connectivity index (χ2n) is 5.42. The normalized spacial score (nSPS) is 12.8. The zero-order chi connectivity index (χ0) is 15.8. The summed E-state index contributed by atoms with van der Waals surface area (Å²) < 4.78 is 1.78. The van der Waals surface area contributed by atoms with Crippen LogP contribution in [0.4, 0.5) is 17.2 Å². The molecule has 0 atom stereocenters. The lowest BCUT2D eigenvalue weighted by Gasteiger charge is -2.22. The van der Waals surface area contributed by atoms with E-state index in [1.54, 1.807) is 40.3 Å². The monoisotopic (exact) mass is 305 g/mol. The molecule has 0 aliphatic carbocycles. The number of carbonyl (C=O) groups excluding carboxylic acids is 1. The second kappa shape index (κ2) is 5.24. The molecule has 1 N–H and O–H groups in total. The maximum atomic E-state index is 13.0. The molecule has 0 fully saturated rings. The van der Waals surface area contributed by atoms with Crippen molar-refractivity contribution >= 4 is 23.1 Å². The molecule has 114 valence electrons. The number of fused-ring (bicyclic) bond motifs is 2. The summed E-state index contributed by atoms with van der Waals surface area (Å²) in [5.41, 5.74) is 3.26. The predicted octanol–water partition coefficient (Wildman–Crippen LogP) is 2.72. The Balaban J connectivity index is 1.84. The van der Waals surface area contributed by atoms with E-state index in [1.165, 1.54) is 0 Å². The first-order chi connectivity index (χ1) is 11.2. The Bertz CT molecular complexity index is 872. The average molecular weight is 305 g/mol. The van der Waals surface area contributed by atoms with E-state index >= 15 is 0 Å². The van der Waals surface area contributed by atoms with Gasteiger partial charge in [0.05, 0.1) is 29.7 Å². The highest BCUT2D eigenvalue weighted by molar-refractivity contribution is 6.08. The molecular weight excluding hydrogens is 290 g/mol. The fourth-order valence-electron chi connectivity index (χ4n) is 2.78. The highest BCUT2D eigenvalue weighted by Gasteiger charge is 2.26. The van der Waals surface area contributed by atoms with Crippen LogP contribution in [0, 0.1) is 0 Å². The first-order valence-corrected chi connectivity index (χ1v) is 7.33. The van der Waals surface area contributed by atoms with Crippen molar-refractivity contribution in [2.24, 2.45) is 7.05 Å². The van der Waals surface area contributed by atoms with Crippen LogP contribution in [0.25, 0.3) is 0 Å². The molecule has 0 saturated carbocycles. The van der Waals surface area contributed by atoms with E-state index in [0.717, 1.165) is 22.8 Å². The van der Waals surface area contributed by atoms with Crippen molar-refractivity contribution in [3.63, 3.8) is 0 Å². The molecule has 23 heavy (non-hydrogen) atoms. The van der Waals surface area contributed by atoms with Crippen LogP contribution in [0.2, 0.25) is 0 Å². The Morgan fingerprint density at radius 3 is 2.87 bits per heavy atom. The summed E-state index contributed by atoms with van der Waals surface area (Å²) in [4.78, 5) is 18.8. The van der Waals surface area contributed by atoms with Crippen LogP contribution < -0.4 is 10.2 Å². The Kier molecular flexibility index (Phi) is 3.08. The largest absolute Gasteiger partial charge is 0.338 e. The summed E-state index contributed by atoms with van der Waals surface area (Å²) in [6, 6.07) is 11.3. The van der Waals surface area contributed by atoms with Crippen LogP contribution >= 0.6 is 0 Å². The highest BCUT2D eigenvalue weighted by atomic mass is 16.2. The lowest BCUT2D eigenvalue weighted by Crippen LogP contribution is -2.30. The molecule has 1 aliphatic heterocycles. The lowest BCUT2D eigenvalue weighted by atomic mass is 10.2. The van der Waals surface area contributed by atoms with Gasteiger partial charge in [0.15, 0.2) is 0 Å². The molecular formula is C17H15N5O. The van der Waals surface area contributed by atoms with Gasteiger partial charge in [-0.3, -0.25) is 14.5 Å². The van der Waals surface area contributed by atoms with E-state index in [1.807, 2.05) is 31.3 Å². The van der Waals surface area contributed by atoms with Gasteiger partial charge in [-0.25, -0.2) is 0 Å². The van der Waals surface area contributed by atoms with Gasteiger partial charge in [-0.1, -0.05) is 12.1 Å². The maximum Gasteiger partial charge on any atom is 0.260 e. The summed E-state index contributed by atoms with van der Waals surface area (Å²) in [7, 11) is 1.88. The highest BCUT2D eigenvalue weighted by Crippen LogP contribution is 2.35. The van der Waals surface area contributed by atoms with Gasteiger partial charge in [0.1, 0.15) is 5.82 Å². The Hall–Kier alpha value is -3.15. The minimum atomic E-state index is -0.0796. The summed E-state index contributed by atoms with van der Waals surface area (Å²) in [5, 5.41) is 7.66. The number of carbonyl (C=O) groups is 1. The van der Waals surface area contributed by atoms with Gasteiger partial charge in [-0.2, -0.15) is 5.10 Å². The Morgan fingerprint density at radius 2 is 2.04 bits per heavy atom. The van der Waals surface area contributed by atoms with Crippen molar-refractivity contribution in [2.45, 2.75) is 6.54 Å². The lowest BCUT2D eigenvalue weighted by molar-refractivity contribution is 0.0985. The summed E-state index contributed by atoms with van der Waals surface area (Å²) in [6.45, 7) is 0.459. The molecule has 0 saturated heterocycles. The minimum Gasteiger partial charge on any atom is -0.338 e. The van der Waals surface area contributed by atoms with Crippen LogP contribution in [0.15, 0.2) is 55.0 Å². The first kappa shape index (κ1) is 13.5. The van der Waals surface area contributed by atoms with Gasteiger partial charge in [0, 0.05) is 25.0 Å². The number of aryl methyl sites for hydroxylation is 1. The van der Waals surface area contributed by atoms with E-state index in [4.69, 9.17) is 0 Å². The van der Waals surface area contributed by atoms with Crippen LogP contribution in [0.3, 0.4) is 0 Å². The SMILES string of the molecule is Cn1ncc2c1Nc1ccccc1N(C(=O)c1cccnc1)C2. The fourth-order valence-corrected chi connectivity index (χ4v) is 2.78. The molecule has 3 heterocycles. The molecule has 0 unspecified atom stereocenters. The van der Waals surface area contributed by atoms with Crippen molar-refractivity contribution in [1.82, 2.24) is 14.8 Å². The molecule has 3 aromatic rings. The van der Waals surface area contributed by atoms with Crippen LogP contribution in [0.5, 0.6) is 0 Å². The van der Waals surface area contributed by atoms with E-state index < -0.39 is 0 Å². The minimum absolute atomic E-state index is 0.0796. The standard InChI is InChI=1S/C17H15N5O/c1-21-16-13(10-19-21)11-22(15-7-3-2-6-14(15)20-16)17(23)12-5-4-8-18-9-12/h2-10,20H,11H2,1H3. The zero-order valence-electron chi connectivity index (χ0n) is 12.6. The number of nitrogens with one attached hydrogen (secondary N) is 1. The number of para-hydroxylation sites is 2. The summed E-state index contributed by atoms with van der Waals surface area (Å²) >= 11 is 0. The van der Waals surface area contributed by atoms with E-state index in [2.05, 4.69) is 15.4 Å². The van der Waals surface area contributed by atoms with Gasteiger partial charge in [-0.05, 0) is 24.3 Å². The van der Waals surface area contributed by atoms with Crippen molar-refractivity contribution in [1.29, 1.82) is 0 Å². The molecule has 1 aromatic carbocycles. The number of benzene rings is 1. The number of rotatable bonds is 1. The van der Waals surface area contributed by atoms with E-state index in [0.29, 0.717) is 12.1 Å². The maximum absolute atomic E-state index is 13.0. The molecule has 1 aliphatic rings. The number of hydrogen-bond donors (Lipinski definition) is 1. The Morgan fingerprint density at radius 1 is 1.17 bits per heavy atom. The van der Waals surface area contributed by atoms with Crippen molar-refractivity contribution in [3.8, 4) is 0 Å². The number of hydrogen-bond acceptors (Lipinski definition) is 4. The molecule has 0 spiro atoms. The number of amides is 1. The molecule has 6 nitrogen and oxygen atoms in total. The first-order valence-electron chi connectivity index (χ1n) is 7.33. The number of pyridine rings is 1. The average Bonchev–Trinajstić information content (AvgIpc) is 2.84. The van der Waals surface area contributed by atoms with Crippen LogP contribution in [0.1, 0.15) is 15.9 Å². The molecule has 0 radical (unpaired) electrons. The summed E-state index contributed by atoms with van der Waals surface area (Å²) in [5.74, 6) is 0.822. The third-order valence-corrected chi connectivity index (χ3v) is 3.94. The fraction of sp³-hybridized carbons (Fsp3) is 0.118. The van der Waals surface area contributed by atoms with Crippen molar-refractivity contribution < 1.29 is 4.79 Å². The summed E-state index contributed by atoms with van der Waals surface area (Å²) in [6.07, 6.45) is 5.04. The van der Waals surface area contributed by atoms with Gasteiger partial charge in [-0.15, -0.1) is 0 Å². The predicted molar refractivity (Wildman–Crippen MR) is 87.7 cm³/mol. The van der Waals surface area contributed by atoms with Gasteiger partial charge < -0.3 is 10.2 Å². The van der Waals surface area contributed by atoms with Gasteiger partial charge >= 0.3 is 0 Å². The van der Waals surface area contributed by atoms with Crippen molar-refractivity contribution in [3.05, 3.63) is 66.1 Å². The van der Waals surface area contributed by atoms with Crippen LogP contribution in [-0.4, -0.2) is 20.7 Å². The topological polar surface area (TPSA) is 63.1 Å². The van der Waals surface area contributed by atoms with Gasteiger partial charge in [0.2, 0.25) is 0 Å². The number of nitrogens with zero attached hydrogens (tertiary/aromatic N) is 4. The third kappa shape index (κ3) is 2.24. The Labute approximate surface area is 133 Å². The molecule has 2 aromatic heterocycles. The molecule has 4 rings (SSSR count). The van der Waals surface area contributed by atoms with E-state index in [-0.39, 0.29) is 5.91 Å². The van der Waals surface area contributed by atoms with Crippen LogP contribution in [-0.2, 0) is 13.6 Å². The molecule has 0 bridgehead atoms. The third-order valence-electron chi connectivity index (χ3n) is 3.94. The molecule has 1 amide bonds. The quantitative estimate of drug-likeness (QED) is 0.751. The van der Waals surface area contributed by atoms with Crippen molar-refractivity contribution in [2.75, 3.05) is 10.2 Å². The van der Waals surface area contributed by atoms with E-state index in [9.17, 15) is 4.79 Å². The van der Waals surface area contributed by atoms with Gasteiger partial charge in [0.25, 0.3) is 5.91 Å².